The van der Waals surface area contributed by atoms with E-state index in [4.69, 9.17) is 0 Å². The van der Waals surface area contributed by atoms with Crippen molar-refractivity contribution >= 4 is 53.9 Å². The number of hydrogen-bond acceptors (Lipinski definition) is 0. The van der Waals surface area contributed by atoms with E-state index < -0.39 is 0 Å². The monoisotopic (exact) mass is 632 g/mol. The largest absolute Gasteiger partial charge is 0.0616 e. The highest BCUT2D eigenvalue weighted by molar-refractivity contribution is 6.24. The van der Waals surface area contributed by atoms with Gasteiger partial charge in [0.25, 0.3) is 0 Å². The second kappa shape index (κ2) is 11.6. The fraction of sp³-hybridized carbons (Fsp3) is 0. The van der Waals surface area contributed by atoms with E-state index in [1.807, 2.05) is 0 Å². The lowest BCUT2D eigenvalue weighted by molar-refractivity contribution is 1.62. The molecule has 10 rings (SSSR count). The second-order valence-corrected chi connectivity index (χ2v) is 13.2. The molecule has 0 atom stereocenters. The van der Waals surface area contributed by atoms with Gasteiger partial charge in [-0.3, -0.25) is 0 Å². The maximum Gasteiger partial charge on any atom is -0.00201 e. The summed E-state index contributed by atoms with van der Waals surface area (Å²) in [5.74, 6) is 0. The summed E-state index contributed by atoms with van der Waals surface area (Å²) in [7, 11) is 0. The molecule has 0 radical (unpaired) electrons. The molecule has 0 aromatic heterocycles. The first kappa shape index (κ1) is 28.5. The number of rotatable bonds is 4. The molecule has 0 aliphatic heterocycles. The molecule has 0 heterocycles. The minimum atomic E-state index is 1.22. The Balaban J connectivity index is 1.26. The predicted molar refractivity (Wildman–Crippen MR) is 216 cm³/mol. The maximum absolute atomic E-state index is 2.44. The van der Waals surface area contributed by atoms with Crippen LogP contribution in [0.5, 0.6) is 0 Å². The molecule has 0 aliphatic carbocycles. The van der Waals surface area contributed by atoms with Crippen LogP contribution in [0.1, 0.15) is 0 Å². The van der Waals surface area contributed by atoms with Crippen molar-refractivity contribution in [2.24, 2.45) is 0 Å². The average molecular weight is 633 g/mol. The minimum Gasteiger partial charge on any atom is -0.0616 e. The van der Waals surface area contributed by atoms with Crippen LogP contribution in [0.3, 0.4) is 0 Å². The van der Waals surface area contributed by atoms with Crippen LogP contribution in [-0.4, -0.2) is 0 Å². The third-order valence-electron chi connectivity index (χ3n) is 10.4. The molecule has 10 aromatic rings. The van der Waals surface area contributed by atoms with Gasteiger partial charge in [-0.05, 0) is 111 Å². The van der Waals surface area contributed by atoms with Gasteiger partial charge in [-0.25, -0.2) is 0 Å². The first-order valence-electron chi connectivity index (χ1n) is 17.3. The molecule has 0 heteroatoms. The van der Waals surface area contributed by atoms with E-state index in [9.17, 15) is 0 Å². The molecule has 0 N–H and O–H groups in total. The Hall–Kier alpha value is -6.50. The van der Waals surface area contributed by atoms with E-state index in [1.165, 1.54) is 98.4 Å². The molecular formula is C50H32. The molecule has 0 saturated carbocycles. The molecule has 0 saturated heterocycles. The lowest BCUT2D eigenvalue weighted by Crippen LogP contribution is -1.93. The van der Waals surface area contributed by atoms with E-state index in [0.29, 0.717) is 0 Å². The minimum absolute atomic E-state index is 1.22. The SMILES string of the molecule is c1ccc2cc(-c3ccc(-c4c5ccccc5c(-c5cccc6ccccc56)c5ccc(-c6cccc7ccccc67)cc45)cc3)ccc2c1. The van der Waals surface area contributed by atoms with Crippen LogP contribution < -0.4 is 0 Å². The zero-order valence-electron chi connectivity index (χ0n) is 27.5. The van der Waals surface area contributed by atoms with E-state index >= 15 is 0 Å². The van der Waals surface area contributed by atoms with Crippen molar-refractivity contribution < 1.29 is 0 Å². The fourth-order valence-corrected chi connectivity index (χ4v) is 8.07. The normalized spacial score (nSPS) is 11.6. The lowest BCUT2D eigenvalue weighted by atomic mass is 9.83. The smallest absolute Gasteiger partial charge is 0.00201 e. The Morgan fingerprint density at radius 3 is 1.40 bits per heavy atom. The second-order valence-electron chi connectivity index (χ2n) is 13.2. The molecule has 0 fully saturated rings. The highest BCUT2D eigenvalue weighted by Crippen LogP contribution is 2.47. The van der Waals surface area contributed by atoms with Gasteiger partial charge in [0.05, 0.1) is 0 Å². The third kappa shape index (κ3) is 4.61. The van der Waals surface area contributed by atoms with Gasteiger partial charge in [0.1, 0.15) is 0 Å². The molecule has 0 spiro atoms. The molecule has 232 valence electrons. The summed E-state index contributed by atoms with van der Waals surface area (Å²) >= 11 is 0. The molecule has 0 nitrogen and oxygen atoms in total. The van der Waals surface area contributed by atoms with E-state index in [1.54, 1.807) is 0 Å². The van der Waals surface area contributed by atoms with Gasteiger partial charge in [0, 0.05) is 0 Å². The van der Waals surface area contributed by atoms with E-state index in [0.717, 1.165) is 0 Å². The van der Waals surface area contributed by atoms with Crippen molar-refractivity contribution in [2.75, 3.05) is 0 Å². The molecule has 0 aliphatic rings. The van der Waals surface area contributed by atoms with Gasteiger partial charge in [0.15, 0.2) is 0 Å². The van der Waals surface area contributed by atoms with Gasteiger partial charge in [-0.15, -0.1) is 0 Å². The first-order chi connectivity index (χ1) is 24.8. The Morgan fingerprint density at radius 1 is 0.200 bits per heavy atom. The van der Waals surface area contributed by atoms with Crippen LogP contribution in [-0.2, 0) is 0 Å². The summed E-state index contributed by atoms with van der Waals surface area (Å²) in [5, 5.41) is 12.6. The van der Waals surface area contributed by atoms with Gasteiger partial charge < -0.3 is 0 Å². The van der Waals surface area contributed by atoms with Crippen LogP contribution >= 0.6 is 0 Å². The Kier molecular flexibility index (Phi) is 6.60. The Labute approximate surface area is 291 Å². The summed E-state index contributed by atoms with van der Waals surface area (Å²) in [4.78, 5) is 0. The van der Waals surface area contributed by atoms with Crippen LogP contribution in [0.2, 0.25) is 0 Å². The van der Waals surface area contributed by atoms with Crippen molar-refractivity contribution in [3.05, 3.63) is 194 Å². The first-order valence-corrected chi connectivity index (χ1v) is 17.3. The quantitative estimate of drug-likeness (QED) is 0.169. The van der Waals surface area contributed by atoms with Crippen LogP contribution in [0.15, 0.2) is 194 Å². The van der Waals surface area contributed by atoms with Crippen molar-refractivity contribution in [2.45, 2.75) is 0 Å². The molecule has 50 heavy (non-hydrogen) atoms. The summed E-state index contributed by atoms with van der Waals surface area (Å²) in [5.41, 5.74) is 9.97. The zero-order valence-corrected chi connectivity index (χ0v) is 27.5. The molecule has 0 bridgehead atoms. The Morgan fingerprint density at radius 2 is 0.680 bits per heavy atom. The van der Waals surface area contributed by atoms with Crippen LogP contribution in [0.25, 0.3) is 98.4 Å². The number of hydrogen-bond donors (Lipinski definition) is 0. The molecule has 0 amide bonds. The van der Waals surface area contributed by atoms with Gasteiger partial charge in [-0.1, -0.05) is 182 Å². The summed E-state index contributed by atoms with van der Waals surface area (Å²) in [6.45, 7) is 0. The highest BCUT2D eigenvalue weighted by atomic mass is 14.2. The average Bonchev–Trinajstić information content (AvgIpc) is 3.19. The van der Waals surface area contributed by atoms with Crippen molar-refractivity contribution in [1.29, 1.82) is 0 Å². The summed E-state index contributed by atoms with van der Waals surface area (Å²) in [6, 6.07) is 71.4. The molecule has 0 unspecified atom stereocenters. The summed E-state index contributed by atoms with van der Waals surface area (Å²) in [6.07, 6.45) is 0. The number of benzene rings is 10. The van der Waals surface area contributed by atoms with Crippen molar-refractivity contribution in [3.8, 4) is 44.5 Å². The van der Waals surface area contributed by atoms with E-state index in [2.05, 4.69) is 194 Å². The van der Waals surface area contributed by atoms with E-state index in [-0.39, 0.29) is 0 Å². The number of fused-ring (bicyclic) bond motifs is 5. The third-order valence-corrected chi connectivity index (χ3v) is 10.4. The molecule has 10 aromatic carbocycles. The standard InChI is InChI=1S/C50H32/c1-2-14-38-31-39(28-25-33(38)11-1)34-23-26-37(27-24-34)49-45-19-7-8-20-46(45)50(44-22-10-16-36-13-4-6-18-42(36)44)47-30-29-40(32-48(47)49)43-21-9-15-35-12-3-5-17-41(35)43/h1-32H. The maximum atomic E-state index is 2.44. The highest BCUT2D eigenvalue weighted by Gasteiger charge is 2.19. The van der Waals surface area contributed by atoms with Gasteiger partial charge in [0.2, 0.25) is 0 Å². The Bertz CT molecular complexity index is 2900. The summed E-state index contributed by atoms with van der Waals surface area (Å²) < 4.78 is 0. The van der Waals surface area contributed by atoms with Crippen LogP contribution in [0.4, 0.5) is 0 Å². The van der Waals surface area contributed by atoms with Crippen molar-refractivity contribution in [1.82, 2.24) is 0 Å². The van der Waals surface area contributed by atoms with Crippen LogP contribution in [0, 0.1) is 0 Å². The van der Waals surface area contributed by atoms with Gasteiger partial charge in [-0.2, -0.15) is 0 Å². The predicted octanol–water partition coefficient (Wildman–Crippen LogP) is 14.1. The van der Waals surface area contributed by atoms with Gasteiger partial charge >= 0.3 is 0 Å². The fourth-order valence-electron chi connectivity index (χ4n) is 8.07. The van der Waals surface area contributed by atoms with Crippen molar-refractivity contribution in [3.63, 3.8) is 0 Å². The lowest BCUT2D eigenvalue weighted by Gasteiger charge is -2.20. The molecular weight excluding hydrogens is 601 g/mol. The topological polar surface area (TPSA) is 0 Å². The zero-order chi connectivity index (χ0) is 33.0.